The van der Waals surface area contributed by atoms with Gasteiger partial charge in [0.25, 0.3) is 0 Å². The van der Waals surface area contributed by atoms with E-state index in [1.54, 1.807) is 0 Å². The summed E-state index contributed by atoms with van der Waals surface area (Å²) in [6, 6.07) is 1.24. The smallest absolute Gasteiger partial charge is 0.341 e. The summed E-state index contributed by atoms with van der Waals surface area (Å²) in [5.74, 6) is -1.16. The van der Waals surface area contributed by atoms with Crippen LogP contribution in [0, 0.1) is 0 Å². The molecule has 7 heteroatoms. The molecule has 1 amide bonds. The summed E-state index contributed by atoms with van der Waals surface area (Å²) in [7, 11) is 1.19. The second-order valence-corrected chi connectivity index (χ2v) is 4.51. The van der Waals surface area contributed by atoms with Gasteiger partial charge in [-0.1, -0.05) is 11.6 Å². The maximum atomic E-state index is 11.5. The molecule has 0 aliphatic heterocycles. The van der Waals surface area contributed by atoms with Crippen LogP contribution in [0.4, 0.5) is 5.69 Å². The normalized spacial score (nSPS) is 10.1. The van der Waals surface area contributed by atoms with Crippen LogP contribution in [-0.2, 0) is 16.0 Å². The van der Waals surface area contributed by atoms with Crippen LogP contribution in [0.5, 0.6) is 5.75 Å². The topological polar surface area (TPSA) is 75.6 Å². The van der Waals surface area contributed by atoms with Gasteiger partial charge in [-0.3, -0.25) is 4.79 Å². The van der Waals surface area contributed by atoms with E-state index in [0.29, 0.717) is 5.56 Å². The fourth-order valence-corrected chi connectivity index (χ4v) is 2.07. The fourth-order valence-electron chi connectivity index (χ4n) is 1.61. The second-order valence-electron chi connectivity index (χ2n) is 3.72. The molecule has 0 saturated heterocycles. The lowest BCUT2D eigenvalue weighted by molar-refractivity contribution is -0.114. The number of phenols is 1. The Morgan fingerprint density at radius 3 is 2.58 bits per heavy atom. The number of halogens is 2. The summed E-state index contributed by atoms with van der Waals surface area (Å²) in [6.07, 6.45) is 0.244. The lowest BCUT2D eigenvalue weighted by atomic mass is 10.0. The molecule has 0 radical (unpaired) electrons. The Bertz CT molecular complexity index is 517. The molecular weight excluding hydrogens is 293 g/mol. The van der Waals surface area contributed by atoms with E-state index in [1.807, 2.05) is 0 Å². The molecule has 0 aliphatic carbocycles. The van der Waals surface area contributed by atoms with Gasteiger partial charge in [0.15, 0.2) is 0 Å². The first-order valence-electron chi connectivity index (χ1n) is 5.38. The number of phenolic OH excluding ortho intramolecular Hbond substituents is 1. The molecule has 0 aliphatic rings. The number of methoxy groups -OCH3 is 1. The number of nitrogens with one attached hydrogen (secondary N) is 1. The largest absolute Gasteiger partial charge is 0.507 e. The van der Waals surface area contributed by atoms with Gasteiger partial charge < -0.3 is 15.2 Å². The third-order valence-electron chi connectivity index (χ3n) is 2.40. The molecule has 1 aromatic carbocycles. The first kappa shape index (κ1) is 15.6. The summed E-state index contributed by atoms with van der Waals surface area (Å²) < 4.78 is 4.55. The highest BCUT2D eigenvalue weighted by Gasteiger charge is 2.21. The summed E-state index contributed by atoms with van der Waals surface area (Å²) in [4.78, 5) is 22.6. The van der Waals surface area contributed by atoms with Gasteiger partial charge in [0.05, 0.1) is 17.8 Å². The zero-order chi connectivity index (χ0) is 14.6. The number of ether oxygens (including phenoxy) is 1. The number of hydrogen-bond donors (Lipinski definition) is 2. The number of benzene rings is 1. The maximum absolute atomic E-state index is 11.5. The molecule has 1 rings (SSSR count). The molecule has 0 fully saturated rings. The predicted octanol–water partition coefficient (Wildman–Crippen LogP) is 2.57. The molecule has 104 valence electrons. The van der Waals surface area contributed by atoms with Crippen LogP contribution in [-0.4, -0.2) is 30.0 Å². The average molecular weight is 306 g/mol. The molecule has 1 aromatic rings. The van der Waals surface area contributed by atoms with Gasteiger partial charge in [-0.25, -0.2) is 4.79 Å². The number of anilines is 1. The van der Waals surface area contributed by atoms with Gasteiger partial charge in [0.2, 0.25) is 5.91 Å². The van der Waals surface area contributed by atoms with Crippen molar-refractivity contribution in [2.24, 2.45) is 0 Å². The number of rotatable bonds is 4. The van der Waals surface area contributed by atoms with E-state index >= 15 is 0 Å². The van der Waals surface area contributed by atoms with Crippen LogP contribution in [0.1, 0.15) is 22.8 Å². The second kappa shape index (κ2) is 6.63. The fraction of sp³-hybridized carbons (Fsp3) is 0.333. The first-order chi connectivity index (χ1) is 8.92. The van der Waals surface area contributed by atoms with E-state index in [9.17, 15) is 14.7 Å². The minimum absolute atomic E-state index is 0.0679. The van der Waals surface area contributed by atoms with Crippen LogP contribution in [0.25, 0.3) is 0 Å². The van der Waals surface area contributed by atoms with Gasteiger partial charge in [-0.2, -0.15) is 0 Å². The van der Waals surface area contributed by atoms with Crippen molar-refractivity contribution in [2.75, 3.05) is 18.3 Å². The average Bonchev–Trinajstić information content (AvgIpc) is 2.36. The molecule has 0 spiro atoms. The van der Waals surface area contributed by atoms with Gasteiger partial charge >= 0.3 is 5.97 Å². The van der Waals surface area contributed by atoms with Crippen molar-refractivity contribution in [3.8, 4) is 5.75 Å². The number of esters is 1. The van der Waals surface area contributed by atoms with E-state index in [-0.39, 0.29) is 40.2 Å². The highest BCUT2D eigenvalue weighted by molar-refractivity contribution is 6.34. The molecular formula is C12H13Cl2NO4. The van der Waals surface area contributed by atoms with Crippen molar-refractivity contribution >= 4 is 40.8 Å². The Balaban J connectivity index is 3.45. The molecule has 5 nitrogen and oxygen atoms in total. The first-order valence-corrected chi connectivity index (χ1v) is 6.29. The summed E-state index contributed by atoms with van der Waals surface area (Å²) in [5.41, 5.74) is 0.486. The van der Waals surface area contributed by atoms with E-state index in [4.69, 9.17) is 23.2 Å². The van der Waals surface area contributed by atoms with Crippen LogP contribution >= 0.6 is 23.2 Å². The number of amides is 1. The third-order valence-corrected chi connectivity index (χ3v) is 2.89. The highest BCUT2D eigenvalue weighted by atomic mass is 35.5. The van der Waals surface area contributed by atoms with Gasteiger partial charge in [0, 0.05) is 18.4 Å². The van der Waals surface area contributed by atoms with E-state index < -0.39 is 5.97 Å². The van der Waals surface area contributed by atoms with Gasteiger partial charge in [0.1, 0.15) is 11.3 Å². The van der Waals surface area contributed by atoms with E-state index in [0.717, 1.165) is 0 Å². The standard InChI is InChI=1S/C12H13Cl2NO4/c1-6(16)15-10-7(3-4-13)11(17)8(5-9(10)14)12(18)19-2/h5,17H,3-4H2,1-2H3,(H,15,16). The van der Waals surface area contributed by atoms with Crippen LogP contribution in [0.3, 0.4) is 0 Å². The Morgan fingerprint density at radius 1 is 1.47 bits per heavy atom. The third kappa shape index (κ3) is 3.52. The van der Waals surface area contributed by atoms with Crippen molar-refractivity contribution in [2.45, 2.75) is 13.3 Å². The van der Waals surface area contributed by atoms with E-state index in [1.165, 1.54) is 20.1 Å². The van der Waals surface area contributed by atoms with Crippen molar-refractivity contribution in [3.05, 3.63) is 22.2 Å². The Morgan fingerprint density at radius 2 is 2.11 bits per heavy atom. The molecule has 0 unspecified atom stereocenters. The molecule has 0 aromatic heterocycles. The molecule has 0 heterocycles. The maximum Gasteiger partial charge on any atom is 0.341 e. The van der Waals surface area contributed by atoms with Gasteiger partial charge in [-0.15, -0.1) is 11.6 Å². The minimum Gasteiger partial charge on any atom is -0.507 e. The number of carbonyl (C=O) groups is 2. The zero-order valence-corrected chi connectivity index (χ0v) is 11.9. The van der Waals surface area contributed by atoms with Crippen molar-refractivity contribution < 1.29 is 19.4 Å². The molecule has 19 heavy (non-hydrogen) atoms. The Kier molecular flexibility index (Phi) is 5.44. The number of carbonyl (C=O) groups excluding carboxylic acids is 2. The quantitative estimate of drug-likeness (QED) is 0.662. The molecule has 2 N–H and O–H groups in total. The molecule has 0 bridgehead atoms. The lowest BCUT2D eigenvalue weighted by Crippen LogP contribution is -2.11. The lowest BCUT2D eigenvalue weighted by Gasteiger charge is -2.15. The summed E-state index contributed by atoms with van der Waals surface area (Å²) in [5, 5.41) is 12.7. The number of aromatic hydroxyl groups is 1. The van der Waals surface area contributed by atoms with Crippen LogP contribution < -0.4 is 5.32 Å². The van der Waals surface area contributed by atoms with Crippen molar-refractivity contribution in [1.82, 2.24) is 0 Å². The van der Waals surface area contributed by atoms with Crippen LogP contribution in [0.15, 0.2) is 6.07 Å². The van der Waals surface area contributed by atoms with Gasteiger partial charge in [-0.05, 0) is 12.5 Å². The van der Waals surface area contributed by atoms with Crippen LogP contribution in [0.2, 0.25) is 5.02 Å². The summed E-state index contributed by atoms with van der Waals surface area (Å²) >= 11 is 11.7. The van der Waals surface area contributed by atoms with Crippen molar-refractivity contribution in [1.29, 1.82) is 0 Å². The van der Waals surface area contributed by atoms with Crippen molar-refractivity contribution in [3.63, 3.8) is 0 Å². The predicted molar refractivity (Wildman–Crippen MR) is 73.2 cm³/mol. The monoisotopic (exact) mass is 305 g/mol. The zero-order valence-electron chi connectivity index (χ0n) is 10.4. The molecule has 0 saturated carbocycles. The SMILES string of the molecule is COC(=O)c1cc(Cl)c(NC(C)=O)c(CCCl)c1O. The minimum atomic E-state index is -0.718. The Labute approximate surface area is 120 Å². The number of hydrogen-bond acceptors (Lipinski definition) is 4. The molecule has 0 atom stereocenters. The Hall–Kier alpha value is -1.46. The van der Waals surface area contributed by atoms with E-state index in [2.05, 4.69) is 10.1 Å². The summed E-state index contributed by atoms with van der Waals surface area (Å²) in [6.45, 7) is 1.31. The highest BCUT2D eigenvalue weighted by Crippen LogP contribution is 2.37. The number of alkyl halides is 1.